The van der Waals surface area contributed by atoms with Gasteiger partial charge >= 0.3 is 0 Å². The van der Waals surface area contributed by atoms with E-state index in [0.717, 1.165) is 35.7 Å². The molecule has 0 saturated heterocycles. The average Bonchev–Trinajstić information content (AvgIpc) is 3.63. The van der Waals surface area contributed by atoms with Gasteiger partial charge in [0.1, 0.15) is 21.5 Å². The lowest BCUT2D eigenvalue weighted by Gasteiger charge is -2.25. The Bertz CT molecular complexity index is 1370. The normalized spacial score (nSPS) is 16.8. The third-order valence-electron chi connectivity index (χ3n) is 6.48. The lowest BCUT2D eigenvalue weighted by Crippen LogP contribution is -2.15. The van der Waals surface area contributed by atoms with Crippen LogP contribution in [0.15, 0.2) is 36.7 Å². The molecule has 2 N–H and O–H groups in total. The van der Waals surface area contributed by atoms with Gasteiger partial charge in [0.05, 0.1) is 38.4 Å². The molecule has 40 heavy (non-hydrogen) atoms. The Kier molecular flexibility index (Phi) is 8.86. The van der Waals surface area contributed by atoms with E-state index >= 15 is 0 Å². The van der Waals surface area contributed by atoms with E-state index in [9.17, 15) is 9.59 Å². The molecule has 14 heteroatoms. The fraction of sp³-hybridized carbons (Fsp3) is 0.385. The Morgan fingerprint density at radius 3 is 1.73 bits per heavy atom. The van der Waals surface area contributed by atoms with Crippen LogP contribution in [-0.4, -0.2) is 56.4 Å². The first kappa shape index (κ1) is 27.5. The average molecular weight is 581 g/mol. The van der Waals surface area contributed by atoms with Gasteiger partial charge in [-0.3, -0.25) is 19.6 Å². The molecule has 0 bridgehead atoms. The van der Waals surface area contributed by atoms with Crippen molar-refractivity contribution < 1.29 is 19.1 Å². The second-order valence-electron chi connectivity index (χ2n) is 9.28. The zero-order valence-electron chi connectivity index (χ0n) is 22.0. The largest absolute Gasteiger partial charge is 0.497 e. The van der Waals surface area contributed by atoms with Gasteiger partial charge in [0.2, 0.25) is 22.1 Å². The van der Waals surface area contributed by atoms with Crippen molar-refractivity contribution in [1.82, 2.24) is 30.4 Å². The van der Waals surface area contributed by atoms with Gasteiger partial charge in [-0.2, -0.15) is 0 Å². The zero-order valence-corrected chi connectivity index (χ0v) is 23.6. The van der Waals surface area contributed by atoms with Crippen LogP contribution in [0.5, 0.6) is 11.5 Å². The highest BCUT2D eigenvalue weighted by atomic mass is 32.1. The summed E-state index contributed by atoms with van der Waals surface area (Å²) >= 11 is 2.79. The van der Waals surface area contributed by atoms with E-state index < -0.39 is 0 Å². The number of carbonyl (C=O) groups is 2. The van der Waals surface area contributed by atoms with E-state index in [2.05, 4.69) is 41.0 Å². The minimum Gasteiger partial charge on any atom is -0.497 e. The third kappa shape index (κ3) is 7.12. The number of nitrogens with one attached hydrogen (secondary N) is 2. The number of anilines is 2. The van der Waals surface area contributed by atoms with Gasteiger partial charge in [-0.1, -0.05) is 29.1 Å². The number of hydrogen-bond donors (Lipinski definition) is 2. The first-order valence-corrected chi connectivity index (χ1v) is 14.4. The molecule has 0 aliphatic heterocycles. The van der Waals surface area contributed by atoms with Gasteiger partial charge in [-0.05, 0) is 31.4 Å². The van der Waals surface area contributed by atoms with E-state index in [4.69, 9.17) is 9.47 Å². The fourth-order valence-corrected chi connectivity index (χ4v) is 6.37. The smallest absolute Gasteiger partial charge is 0.232 e. The van der Waals surface area contributed by atoms with Crippen molar-refractivity contribution in [2.45, 2.75) is 50.4 Å². The molecule has 0 spiro atoms. The molecule has 5 rings (SSSR count). The molecule has 2 amide bonds. The Labute approximate surface area is 238 Å². The third-order valence-corrected chi connectivity index (χ3v) is 8.48. The first-order chi connectivity index (χ1) is 19.5. The maximum Gasteiger partial charge on any atom is 0.232 e. The van der Waals surface area contributed by atoms with Crippen LogP contribution in [-0.2, 0) is 22.4 Å². The molecule has 2 atom stereocenters. The van der Waals surface area contributed by atoms with E-state index in [1.807, 2.05) is 0 Å². The van der Waals surface area contributed by atoms with E-state index in [1.54, 1.807) is 50.9 Å². The highest BCUT2D eigenvalue weighted by Crippen LogP contribution is 2.43. The van der Waals surface area contributed by atoms with Crippen molar-refractivity contribution in [3.05, 3.63) is 58.1 Å². The number of aromatic nitrogens is 6. The molecular weight excluding hydrogens is 552 g/mol. The Morgan fingerprint density at radius 1 is 0.800 bits per heavy atom. The van der Waals surface area contributed by atoms with Crippen LogP contribution in [0.4, 0.5) is 10.3 Å². The standard InChI is InChI=1S/C26H28N8O4S2/c1-37-19-6-8-27-17(11-19)13-21(35)29-25-33-31-23(39-25)15-4-3-5-16(10-15)24-32-34-26(40-24)30-22(36)14-18-12-20(38-2)7-9-28-18/h6-9,11-12,15-16H,3-5,10,13-14H2,1-2H3,(H,29,33,35)(H,30,34,36)/t15-,16-/m0/s1. The number of methoxy groups -OCH3 is 2. The van der Waals surface area contributed by atoms with Crippen LogP contribution in [0.25, 0.3) is 0 Å². The van der Waals surface area contributed by atoms with Crippen molar-refractivity contribution in [2.75, 3.05) is 24.9 Å². The topological polar surface area (TPSA) is 154 Å². The quantitative estimate of drug-likeness (QED) is 0.281. The number of rotatable bonds is 10. The van der Waals surface area contributed by atoms with E-state index in [-0.39, 0.29) is 36.5 Å². The zero-order chi connectivity index (χ0) is 27.9. The molecule has 4 aromatic heterocycles. The van der Waals surface area contributed by atoms with Gasteiger partial charge in [-0.15, -0.1) is 20.4 Å². The Hall–Kier alpha value is -4.04. The maximum absolute atomic E-state index is 12.5. The van der Waals surface area contributed by atoms with Crippen molar-refractivity contribution in [3.8, 4) is 11.5 Å². The predicted molar refractivity (Wildman–Crippen MR) is 150 cm³/mol. The van der Waals surface area contributed by atoms with E-state index in [0.29, 0.717) is 33.1 Å². The summed E-state index contributed by atoms with van der Waals surface area (Å²) in [5.41, 5.74) is 1.22. The van der Waals surface area contributed by atoms with Crippen LogP contribution >= 0.6 is 22.7 Å². The van der Waals surface area contributed by atoms with Crippen molar-refractivity contribution in [1.29, 1.82) is 0 Å². The van der Waals surface area contributed by atoms with Gasteiger partial charge in [0, 0.05) is 36.4 Å². The van der Waals surface area contributed by atoms with Crippen molar-refractivity contribution >= 4 is 44.8 Å². The molecule has 0 aromatic carbocycles. The van der Waals surface area contributed by atoms with Crippen LogP contribution in [0.2, 0.25) is 0 Å². The van der Waals surface area contributed by atoms with Crippen molar-refractivity contribution in [2.24, 2.45) is 0 Å². The summed E-state index contributed by atoms with van der Waals surface area (Å²) in [5, 5.41) is 25.5. The van der Waals surface area contributed by atoms with Crippen LogP contribution in [0.1, 0.15) is 58.9 Å². The Balaban J connectivity index is 1.14. The highest BCUT2D eigenvalue weighted by molar-refractivity contribution is 7.15. The maximum atomic E-state index is 12.5. The summed E-state index contributed by atoms with van der Waals surface area (Å²) in [5.74, 6) is 1.30. The monoisotopic (exact) mass is 580 g/mol. The number of nitrogens with zero attached hydrogens (tertiary/aromatic N) is 6. The molecule has 4 heterocycles. The van der Waals surface area contributed by atoms with Crippen LogP contribution in [0, 0.1) is 0 Å². The Morgan fingerprint density at radius 2 is 1.27 bits per heavy atom. The van der Waals surface area contributed by atoms with Crippen LogP contribution < -0.4 is 20.1 Å². The van der Waals surface area contributed by atoms with Gasteiger partial charge < -0.3 is 20.1 Å². The van der Waals surface area contributed by atoms with E-state index in [1.165, 1.54) is 22.7 Å². The lowest BCUT2D eigenvalue weighted by molar-refractivity contribution is -0.116. The molecule has 12 nitrogen and oxygen atoms in total. The molecule has 4 aromatic rings. The summed E-state index contributed by atoms with van der Waals surface area (Å²) in [6.07, 6.45) is 7.30. The fourth-order valence-electron chi connectivity index (χ4n) is 4.55. The minimum atomic E-state index is -0.212. The molecule has 1 aliphatic rings. The molecule has 208 valence electrons. The number of pyridine rings is 2. The molecule has 1 aliphatic carbocycles. The number of ether oxygens (including phenoxy) is 2. The summed E-state index contributed by atoms with van der Waals surface area (Å²) in [6.45, 7) is 0. The molecule has 0 unspecified atom stereocenters. The molecule has 0 radical (unpaired) electrons. The van der Waals surface area contributed by atoms with Crippen molar-refractivity contribution in [3.63, 3.8) is 0 Å². The number of amides is 2. The summed E-state index contributed by atoms with van der Waals surface area (Å²) in [4.78, 5) is 33.4. The first-order valence-electron chi connectivity index (χ1n) is 12.7. The molecular formula is C26H28N8O4S2. The highest BCUT2D eigenvalue weighted by Gasteiger charge is 2.29. The lowest BCUT2D eigenvalue weighted by atomic mass is 9.82. The molecule has 1 fully saturated rings. The summed E-state index contributed by atoms with van der Waals surface area (Å²) in [7, 11) is 3.14. The number of hydrogen-bond acceptors (Lipinski definition) is 12. The second kappa shape index (κ2) is 12.9. The van der Waals surface area contributed by atoms with Gasteiger partial charge in [0.15, 0.2) is 0 Å². The van der Waals surface area contributed by atoms with Crippen LogP contribution in [0.3, 0.4) is 0 Å². The number of carbonyl (C=O) groups excluding carboxylic acids is 2. The van der Waals surface area contributed by atoms with Gasteiger partial charge in [0.25, 0.3) is 0 Å². The second-order valence-corrected chi connectivity index (χ2v) is 11.3. The minimum absolute atomic E-state index is 0.115. The summed E-state index contributed by atoms with van der Waals surface area (Å²) in [6, 6.07) is 6.93. The summed E-state index contributed by atoms with van der Waals surface area (Å²) < 4.78 is 10.4. The molecule has 1 saturated carbocycles. The van der Waals surface area contributed by atoms with Gasteiger partial charge in [-0.25, -0.2) is 0 Å². The predicted octanol–water partition coefficient (Wildman–Crippen LogP) is 4.00. The SMILES string of the molecule is COc1ccnc(CC(=O)Nc2nnc([C@H]3CCC[C@H](c4nnc(NC(=O)Cc5cc(OC)ccn5)s4)C3)s2)c1.